The molecule has 2 aromatic heterocycles. The summed E-state index contributed by atoms with van der Waals surface area (Å²) in [6.07, 6.45) is 8.62. The van der Waals surface area contributed by atoms with Gasteiger partial charge in [0, 0.05) is 36.6 Å². The molecule has 4 heterocycles. The Morgan fingerprint density at radius 1 is 1.35 bits per heavy atom. The van der Waals surface area contributed by atoms with Gasteiger partial charge in [-0.15, -0.1) is 0 Å². The zero-order valence-electron chi connectivity index (χ0n) is 14.1. The number of hydrogen-bond acceptors (Lipinski definition) is 6. The Labute approximate surface area is 151 Å². The van der Waals surface area contributed by atoms with Crippen molar-refractivity contribution in [1.82, 2.24) is 29.4 Å². The van der Waals surface area contributed by atoms with Gasteiger partial charge >= 0.3 is 0 Å². The number of aromatic nitrogens is 4. The van der Waals surface area contributed by atoms with Crippen molar-refractivity contribution in [2.75, 3.05) is 18.8 Å². The first-order valence-electron chi connectivity index (χ1n) is 8.12. The van der Waals surface area contributed by atoms with Gasteiger partial charge in [0.2, 0.25) is 10.0 Å². The van der Waals surface area contributed by atoms with Crippen LogP contribution in [0.15, 0.2) is 24.9 Å². The molecule has 1 radical (unpaired) electrons. The third kappa shape index (κ3) is 2.48. The van der Waals surface area contributed by atoms with Crippen LogP contribution in [0.4, 0.5) is 5.82 Å². The molecule has 133 valence electrons. The van der Waals surface area contributed by atoms with Gasteiger partial charge in [-0.1, -0.05) is 0 Å². The molecule has 0 unspecified atom stereocenters. The minimum Gasteiger partial charge on any atom is -0.262 e. The minimum absolute atomic E-state index is 0.0445. The average Bonchev–Trinajstić information content (AvgIpc) is 3.26. The van der Waals surface area contributed by atoms with E-state index in [1.165, 1.54) is 10.6 Å². The molecule has 0 spiro atoms. The predicted molar refractivity (Wildman–Crippen MR) is 93.3 cm³/mol. The highest BCUT2D eigenvalue weighted by molar-refractivity contribution is 7.89. The van der Waals surface area contributed by atoms with Gasteiger partial charge in [-0.3, -0.25) is 4.68 Å². The zero-order valence-corrected chi connectivity index (χ0v) is 14.9. The summed E-state index contributed by atoms with van der Waals surface area (Å²) in [7, 11) is -3.27. The molecule has 2 aliphatic rings. The van der Waals surface area contributed by atoms with E-state index < -0.39 is 15.6 Å². The van der Waals surface area contributed by atoms with E-state index in [0.29, 0.717) is 11.5 Å². The lowest BCUT2D eigenvalue weighted by molar-refractivity contribution is 0.0719. The second-order valence-corrected chi connectivity index (χ2v) is 8.56. The molecular formula is C16H16N7O2S. The van der Waals surface area contributed by atoms with Gasteiger partial charge in [0.05, 0.1) is 30.1 Å². The standard InChI is InChI=1S/C16H16N7O2S/c1-2-26(24,25)22-9-16(10-22,4-5-17)23-8-12(7-21-23)14-13-3-6-18-15(13)20-11-19-14/h3,6-8,11H,2,4,9-10H2,1H3. The van der Waals surface area contributed by atoms with Crippen LogP contribution in [-0.4, -0.2) is 51.3 Å². The fourth-order valence-corrected chi connectivity index (χ4v) is 4.47. The second kappa shape index (κ2) is 5.89. The molecule has 10 heteroatoms. The molecule has 26 heavy (non-hydrogen) atoms. The first kappa shape index (κ1) is 16.7. The lowest BCUT2D eigenvalue weighted by Gasteiger charge is -2.47. The van der Waals surface area contributed by atoms with Gasteiger partial charge in [-0.25, -0.2) is 23.7 Å². The molecule has 0 amide bonds. The van der Waals surface area contributed by atoms with E-state index in [2.05, 4.69) is 26.5 Å². The van der Waals surface area contributed by atoms with Gasteiger partial charge in [0.25, 0.3) is 0 Å². The zero-order chi connectivity index (χ0) is 18.4. The molecule has 2 aliphatic heterocycles. The van der Waals surface area contributed by atoms with Gasteiger partial charge in [0.15, 0.2) is 5.82 Å². The summed E-state index contributed by atoms with van der Waals surface area (Å²) in [5.74, 6) is 0.654. The summed E-state index contributed by atoms with van der Waals surface area (Å²) in [6.45, 7) is 2.10. The molecule has 0 saturated carbocycles. The minimum atomic E-state index is -3.27. The van der Waals surface area contributed by atoms with Crippen LogP contribution in [0.5, 0.6) is 0 Å². The summed E-state index contributed by atoms with van der Waals surface area (Å²) in [4.78, 5) is 8.45. The smallest absolute Gasteiger partial charge is 0.213 e. The van der Waals surface area contributed by atoms with Gasteiger partial charge in [-0.05, 0) is 13.0 Å². The van der Waals surface area contributed by atoms with Crippen molar-refractivity contribution < 1.29 is 8.42 Å². The monoisotopic (exact) mass is 370 g/mol. The van der Waals surface area contributed by atoms with E-state index in [-0.39, 0.29) is 25.3 Å². The molecular weight excluding hydrogens is 354 g/mol. The van der Waals surface area contributed by atoms with Crippen molar-refractivity contribution >= 4 is 21.9 Å². The Balaban J connectivity index is 1.66. The Morgan fingerprint density at radius 2 is 2.15 bits per heavy atom. The maximum absolute atomic E-state index is 12.0. The van der Waals surface area contributed by atoms with Crippen molar-refractivity contribution in [2.45, 2.75) is 18.9 Å². The Kier molecular flexibility index (Phi) is 3.78. The molecule has 4 rings (SSSR count). The van der Waals surface area contributed by atoms with Crippen LogP contribution < -0.4 is 5.32 Å². The van der Waals surface area contributed by atoms with Crippen LogP contribution in [0, 0.1) is 11.3 Å². The summed E-state index contributed by atoms with van der Waals surface area (Å²) in [5.41, 5.74) is 1.67. The van der Waals surface area contributed by atoms with E-state index >= 15 is 0 Å². The molecule has 1 fully saturated rings. The van der Waals surface area contributed by atoms with Crippen LogP contribution in [-0.2, 0) is 15.6 Å². The summed E-state index contributed by atoms with van der Waals surface area (Å²) >= 11 is 0. The third-order valence-electron chi connectivity index (χ3n) is 4.75. The molecule has 2 aromatic rings. The van der Waals surface area contributed by atoms with Crippen LogP contribution in [0.1, 0.15) is 18.9 Å². The highest BCUT2D eigenvalue weighted by Gasteiger charge is 2.49. The normalized spacial score (nSPS) is 18.0. The van der Waals surface area contributed by atoms with Gasteiger partial charge in [-0.2, -0.15) is 14.7 Å². The first-order chi connectivity index (χ1) is 12.5. The topological polar surface area (TPSA) is 119 Å². The fraction of sp³-hybridized carbons (Fsp3) is 0.375. The summed E-state index contributed by atoms with van der Waals surface area (Å²) < 4.78 is 27.2. The predicted octanol–water partition coefficient (Wildman–Crippen LogP) is 0.835. The van der Waals surface area contributed by atoms with E-state index in [4.69, 9.17) is 0 Å². The largest absolute Gasteiger partial charge is 0.262 e. The molecule has 0 aliphatic carbocycles. The number of fused-ring (bicyclic) bond motifs is 1. The first-order valence-corrected chi connectivity index (χ1v) is 9.73. The highest BCUT2D eigenvalue weighted by Crippen LogP contribution is 2.36. The lowest BCUT2D eigenvalue weighted by Crippen LogP contribution is -2.64. The van der Waals surface area contributed by atoms with Crippen LogP contribution in [0.2, 0.25) is 0 Å². The Bertz CT molecular complexity index is 1030. The number of nitriles is 1. The van der Waals surface area contributed by atoms with Gasteiger partial charge < -0.3 is 0 Å². The molecule has 0 bridgehead atoms. The van der Waals surface area contributed by atoms with Crippen molar-refractivity contribution in [3.63, 3.8) is 0 Å². The van der Waals surface area contributed by atoms with Gasteiger partial charge in [0.1, 0.15) is 11.9 Å². The quantitative estimate of drug-likeness (QED) is 0.769. The highest BCUT2D eigenvalue weighted by atomic mass is 32.2. The molecule has 0 N–H and O–H groups in total. The van der Waals surface area contributed by atoms with E-state index in [1.807, 2.05) is 12.3 Å². The van der Waals surface area contributed by atoms with Crippen molar-refractivity contribution in [1.29, 1.82) is 5.26 Å². The van der Waals surface area contributed by atoms with Crippen LogP contribution >= 0.6 is 0 Å². The van der Waals surface area contributed by atoms with Crippen molar-refractivity contribution in [3.05, 3.63) is 30.5 Å². The molecule has 0 aromatic carbocycles. The molecule has 9 nitrogen and oxygen atoms in total. The second-order valence-electron chi connectivity index (χ2n) is 6.31. The van der Waals surface area contributed by atoms with Crippen LogP contribution in [0.25, 0.3) is 17.3 Å². The fourth-order valence-electron chi connectivity index (χ4n) is 3.23. The van der Waals surface area contributed by atoms with Crippen LogP contribution in [0.3, 0.4) is 0 Å². The van der Waals surface area contributed by atoms with Crippen molar-refractivity contribution in [2.24, 2.45) is 0 Å². The number of nitrogens with zero attached hydrogens (tertiary/aromatic N) is 7. The number of rotatable bonds is 5. The number of sulfonamides is 1. The third-order valence-corrected chi connectivity index (χ3v) is 6.53. The van der Waals surface area contributed by atoms with E-state index in [1.54, 1.807) is 24.0 Å². The summed E-state index contributed by atoms with van der Waals surface area (Å²) in [6, 6.07) is 2.16. The van der Waals surface area contributed by atoms with Crippen molar-refractivity contribution in [3.8, 4) is 17.3 Å². The Morgan fingerprint density at radius 3 is 2.88 bits per heavy atom. The molecule has 0 atom stereocenters. The van der Waals surface area contributed by atoms with E-state index in [9.17, 15) is 13.7 Å². The SMILES string of the molecule is CCS(=O)(=O)N1CC(CC#N)(n2cc(-c3ncnc4c3C=C[N]4)cn2)C1. The number of hydrogen-bond donors (Lipinski definition) is 0. The average molecular weight is 370 g/mol. The van der Waals surface area contributed by atoms with E-state index in [0.717, 1.165) is 11.1 Å². The summed E-state index contributed by atoms with van der Waals surface area (Å²) in [5, 5.41) is 17.8. The Hall–Kier alpha value is -2.77. The lowest BCUT2D eigenvalue weighted by atomic mass is 9.89. The molecule has 1 saturated heterocycles. The maximum atomic E-state index is 12.0. The maximum Gasteiger partial charge on any atom is 0.213 e.